The van der Waals surface area contributed by atoms with E-state index in [0.717, 1.165) is 22.9 Å². The van der Waals surface area contributed by atoms with Gasteiger partial charge in [-0.3, -0.25) is 9.78 Å². The predicted molar refractivity (Wildman–Crippen MR) is 84.4 cm³/mol. The number of carbonyl (C=O) groups is 1. The summed E-state index contributed by atoms with van der Waals surface area (Å²) in [5.41, 5.74) is 7.87. The quantitative estimate of drug-likeness (QED) is 0.772. The molecule has 0 unspecified atom stereocenters. The molecule has 0 aliphatic heterocycles. The summed E-state index contributed by atoms with van der Waals surface area (Å²) in [5, 5.41) is 2.78. The minimum Gasteiger partial charge on any atom is -0.465 e. The molecule has 0 fully saturated rings. The number of anilines is 1. The molecular formula is C15H14N4O2S. The number of nitrogens with zero attached hydrogens (tertiary/aromatic N) is 2. The van der Waals surface area contributed by atoms with E-state index in [-0.39, 0.29) is 5.91 Å². The van der Waals surface area contributed by atoms with Gasteiger partial charge in [0.2, 0.25) is 0 Å². The van der Waals surface area contributed by atoms with Crippen molar-refractivity contribution < 1.29 is 9.21 Å². The van der Waals surface area contributed by atoms with Crippen LogP contribution in [0.4, 0.5) is 5.69 Å². The number of pyridine rings is 1. The Morgan fingerprint density at radius 2 is 2.09 bits per heavy atom. The molecule has 7 heteroatoms. The molecule has 0 saturated heterocycles. The number of aryl methyl sites for hydroxylation is 1. The van der Waals surface area contributed by atoms with Crippen LogP contribution in [0.2, 0.25) is 0 Å². The summed E-state index contributed by atoms with van der Waals surface area (Å²) in [7, 11) is 0. The molecular weight excluding hydrogens is 300 g/mol. The van der Waals surface area contributed by atoms with E-state index < -0.39 is 0 Å². The zero-order valence-electron chi connectivity index (χ0n) is 11.9. The molecule has 3 heterocycles. The maximum absolute atomic E-state index is 12.2. The summed E-state index contributed by atoms with van der Waals surface area (Å²) < 4.78 is 9.68. The Hall–Kier alpha value is -2.67. The van der Waals surface area contributed by atoms with Crippen molar-refractivity contribution in [2.75, 3.05) is 5.73 Å². The molecule has 6 nitrogen and oxygen atoms in total. The number of amides is 1. The Morgan fingerprint density at radius 3 is 2.77 bits per heavy atom. The Balaban J connectivity index is 1.75. The second kappa shape index (κ2) is 5.98. The summed E-state index contributed by atoms with van der Waals surface area (Å²) in [6.45, 7) is 2.17. The lowest BCUT2D eigenvalue weighted by molar-refractivity contribution is 0.0952. The lowest BCUT2D eigenvalue weighted by atomic mass is 10.1. The molecule has 0 saturated carbocycles. The molecule has 1 amide bonds. The van der Waals surface area contributed by atoms with Crippen LogP contribution in [0, 0.1) is 6.92 Å². The molecule has 3 rings (SSSR count). The predicted octanol–water partition coefficient (Wildman–Crippen LogP) is 2.62. The van der Waals surface area contributed by atoms with Crippen molar-refractivity contribution in [2.45, 2.75) is 13.5 Å². The fourth-order valence-electron chi connectivity index (χ4n) is 2.01. The Labute approximate surface area is 131 Å². The molecule has 112 valence electrons. The standard InChI is InChI=1S/C15H14N4O2S/c1-9-2-3-11(21-9)8-18-15(20)14-12(16)13(19-22-14)10-4-6-17-7-5-10/h2-7H,8,16H2,1H3,(H,18,20). The van der Waals surface area contributed by atoms with Crippen LogP contribution in [0.5, 0.6) is 0 Å². The van der Waals surface area contributed by atoms with Gasteiger partial charge in [0, 0.05) is 18.0 Å². The average molecular weight is 314 g/mol. The van der Waals surface area contributed by atoms with Gasteiger partial charge in [-0.15, -0.1) is 0 Å². The highest BCUT2D eigenvalue weighted by molar-refractivity contribution is 7.09. The fraction of sp³-hybridized carbons (Fsp3) is 0.133. The highest BCUT2D eigenvalue weighted by Crippen LogP contribution is 2.30. The molecule has 0 spiro atoms. The minimum atomic E-state index is -0.260. The van der Waals surface area contributed by atoms with Gasteiger partial charge in [0.1, 0.15) is 22.1 Å². The molecule has 3 N–H and O–H groups in total. The van der Waals surface area contributed by atoms with Crippen molar-refractivity contribution >= 4 is 23.1 Å². The maximum atomic E-state index is 12.2. The topological polar surface area (TPSA) is 94.0 Å². The summed E-state index contributed by atoms with van der Waals surface area (Å²) >= 11 is 1.08. The smallest absolute Gasteiger partial charge is 0.265 e. The number of aromatic nitrogens is 2. The zero-order valence-corrected chi connectivity index (χ0v) is 12.7. The summed E-state index contributed by atoms with van der Waals surface area (Å²) in [4.78, 5) is 16.6. The summed E-state index contributed by atoms with van der Waals surface area (Å²) in [6.07, 6.45) is 3.32. The largest absolute Gasteiger partial charge is 0.465 e. The third-order valence-electron chi connectivity index (χ3n) is 3.11. The molecule has 22 heavy (non-hydrogen) atoms. The van der Waals surface area contributed by atoms with Crippen LogP contribution in [0.15, 0.2) is 41.1 Å². The fourth-order valence-corrected chi connectivity index (χ4v) is 2.74. The van der Waals surface area contributed by atoms with Gasteiger partial charge in [0.15, 0.2) is 0 Å². The molecule has 3 aromatic rings. The summed E-state index contributed by atoms with van der Waals surface area (Å²) in [6, 6.07) is 7.29. The van der Waals surface area contributed by atoms with Crippen LogP contribution in [0.1, 0.15) is 21.2 Å². The molecule has 0 aromatic carbocycles. The molecule has 0 atom stereocenters. The van der Waals surface area contributed by atoms with E-state index in [1.165, 1.54) is 0 Å². The molecule has 0 radical (unpaired) electrons. The monoisotopic (exact) mass is 314 g/mol. The second-order valence-corrected chi connectivity index (χ2v) is 5.48. The van der Waals surface area contributed by atoms with Crippen molar-refractivity contribution in [1.82, 2.24) is 14.7 Å². The Bertz CT molecular complexity index is 795. The van der Waals surface area contributed by atoms with Crippen LogP contribution in [-0.2, 0) is 6.54 Å². The van der Waals surface area contributed by atoms with E-state index in [9.17, 15) is 4.79 Å². The number of hydrogen-bond acceptors (Lipinski definition) is 6. The van der Waals surface area contributed by atoms with Crippen LogP contribution >= 0.6 is 11.5 Å². The highest BCUT2D eigenvalue weighted by Gasteiger charge is 2.18. The first-order valence-electron chi connectivity index (χ1n) is 6.64. The van der Waals surface area contributed by atoms with Gasteiger partial charge in [-0.25, -0.2) is 0 Å². The van der Waals surface area contributed by atoms with Gasteiger partial charge in [0.25, 0.3) is 5.91 Å². The van der Waals surface area contributed by atoms with Crippen LogP contribution < -0.4 is 11.1 Å². The summed E-state index contributed by atoms with van der Waals surface area (Å²) in [5.74, 6) is 1.24. The van der Waals surface area contributed by atoms with Crippen molar-refractivity contribution in [1.29, 1.82) is 0 Å². The van der Waals surface area contributed by atoms with E-state index in [0.29, 0.717) is 28.6 Å². The first-order chi connectivity index (χ1) is 10.6. The maximum Gasteiger partial charge on any atom is 0.265 e. The number of nitrogen functional groups attached to an aromatic ring is 1. The number of nitrogens with two attached hydrogens (primary N) is 1. The molecule has 0 bridgehead atoms. The zero-order chi connectivity index (χ0) is 15.5. The van der Waals surface area contributed by atoms with E-state index in [1.807, 2.05) is 19.1 Å². The van der Waals surface area contributed by atoms with Crippen molar-refractivity contribution in [3.05, 3.63) is 53.1 Å². The normalized spacial score (nSPS) is 10.6. The molecule has 0 aliphatic rings. The molecule has 3 aromatic heterocycles. The van der Waals surface area contributed by atoms with Gasteiger partial charge < -0.3 is 15.5 Å². The lowest BCUT2D eigenvalue weighted by Crippen LogP contribution is -2.22. The third kappa shape index (κ3) is 2.84. The van der Waals surface area contributed by atoms with Gasteiger partial charge in [-0.2, -0.15) is 4.37 Å². The average Bonchev–Trinajstić information content (AvgIpc) is 3.12. The van der Waals surface area contributed by atoms with Crippen LogP contribution in [0.3, 0.4) is 0 Å². The van der Waals surface area contributed by atoms with E-state index in [2.05, 4.69) is 14.7 Å². The minimum absolute atomic E-state index is 0.260. The van der Waals surface area contributed by atoms with Crippen molar-refractivity contribution in [3.8, 4) is 11.3 Å². The Morgan fingerprint density at radius 1 is 1.32 bits per heavy atom. The van der Waals surface area contributed by atoms with E-state index >= 15 is 0 Å². The number of nitrogens with one attached hydrogen (secondary N) is 1. The second-order valence-electron chi connectivity index (χ2n) is 4.70. The number of furan rings is 1. The SMILES string of the molecule is Cc1ccc(CNC(=O)c2snc(-c3ccncc3)c2N)o1. The first kappa shape index (κ1) is 14.3. The highest BCUT2D eigenvalue weighted by atomic mass is 32.1. The van der Waals surface area contributed by atoms with Gasteiger partial charge >= 0.3 is 0 Å². The number of rotatable bonds is 4. The third-order valence-corrected chi connectivity index (χ3v) is 3.97. The van der Waals surface area contributed by atoms with Crippen LogP contribution in [-0.4, -0.2) is 15.3 Å². The number of carbonyl (C=O) groups excluding carboxylic acids is 1. The van der Waals surface area contributed by atoms with Crippen molar-refractivity contribution in [3.63, 3.8) is 0 Å². The van der Waals surface area contributed by atoms with E-state index in [1.54, 1.807) is 24.5 Å². The van der Waals surface area contributed by atoms with Gasteiger partial charge in [0.05, 0.1) is 12.2 Å². The lowest BCUT2D eigenvalue weighted by Gasteiger charge is -2.02. The van der Waals surface area contributed by atoms with E-state index in [4.69, 9.17) is 10.2 Å². The molecule has 0 aliphatic carbocycles. The van der Waals surface area contributed by atoms with Crippen LogP contribution in [0.25, 0.3) is 11.3 Å². The van der Waals surface area contributed by atoms with Crippen molar-refractivity contribution in [2.24, 2.45) is 0 Å². The first-order valence-corrected chi connectivity index (χ1v) is 7.41. The van der Waals surface area contributed by atoms with Gasteiger partial charge in [-0.1, -0.05) is 0 Å². The Kier molecular flexibility index (Phi) is 3.88. The van der Waals surface area contributed by atoms with Gasteiger partial charge in [-0.05, 0) is 42.7 Å². The number of hydrogen-bond donors (Lipinski definition) is 2.